The molecule has 0 bridgehead atoms. The normalized spacial score (nSPS) is 16.1. The van der Waals surface area contributed by atoms with Gasteiger partial charge in [-0.05, 0) is 18.2 Å². The third kappa shape index (κ3) is 3.02. The fraction of sp³-hybridized carbons (Fsp3) is 0.417. The molecule has 2 rings (SSSR count). The smallest absolute Gasteiger partial charge is 0.378 e. The number of nitrogen functional groups attached to an aromatic ring is 1. The van der Waals surface area contributed by atoms with Crippen molar-refractivity contribution in [1.29, 1.82) is 0 Å². The molecule has 1 heterocycles. The number of halogens is 3. The second kappa shape index (κ2) is 5.68. The molecule has 1 fully saturated rings. The highest BCUT2D eigenvalue weighted by Crippen LogP contribution is 2.33. The van der Waals surface area contributed by atoms with Crippen molar-refractivity contribution < 1.29 is 22.7 Å². The van der Waals surface area contributed by atoms with Gasteiger partial charge >= 0.3 is 6.18 Å². The van der Waals surface area contributed by atoms with Crippen LogP contribution in [0.2, 0.25) is 0 Å². The molecule has 1 aromatic rings. The zero-order chi connectivity index (χ0) is 14.8. The van der Waals surface area contributed by atoms with Crippen molar-refractivity contribution in [2.45, 2.75) is 6.18 Å². The monoisotopic (exact) mass is 289 g/mol. The highest BCUT2D eigenvalue weighted by atomic mass is 19.4. The Labute approximate surface area is 113 Å². The van der Waals surface area contributed by atoms with Crippen LogP contribution in [-0.4, -0.2) is 32.2 Å². The molecule has 0 unspecified atom stereocenters. The van der Waals surface area contributed by atoms with Gasteiger partial charge in [0, 0.05) is 13.1 Å². The van der Waals surface area contributed by atoms with Gasteiger partial charge in [-0.25, -0.2) is 5.84 Å². The summed E-state index contributed by atoms with van der Waals surface area (Å²) in [5.41, 5.74) is 1.47. The maximum absolute atomic E-state index is 12.8. The van der Waals surface area contributed by atoms with Gasteiger partial charge < -0.3 is 9.64 Å². The summed E-state index contributed by atoms with van der Waals surface area (Å²) in [6.07, 6.45) is -4.46. The Morgan fingerprint density at radius 3 is 2.50 bits per heavy atom. The first-order valence-electron chi connectivity index (χ1n) is 5.98. The van der Waals surface area contributed by atoms with Crippen LogP contribution >= 0.6 is 0 Å². The van der Waals surface area contributed by atoms with E-state index in [-0.39, 0.29) is 11.3 Å². The molecule has 1 saturated heterocycles. The summed E-state index contributed by atoms with van der Waals surface area (Å²) in [6, 6.07) is 2.97. The van der Waals surface area contributed by atoms with Crippen molar-refractivity contribution in [3.63, 3.8) is 0 Å². The molecule has 1 aliphatic heterocycles. The fourth-order valence-corrected chi connectivity index (χ4v) is 2.04. The van der Waals surface area contributed by atoms with Gasteiger partial charge in [0.15, 0.2) is 0 Å². The number of amides is 1. The number of nitrogens with zero attached hydrogens (tertiary/aromatic N) is 1. The standard InChI is InChI=1S/C12H14F3N3O2/c13-12(14,15)8-1-2-9(11(19)17-16)10(7-8)18-3-5-20-6-4-18/h1-2,7H,3-6,16H2,(H,17,19). The number of morpholine rings is 1. The van der Waals surface area contributed by atoms with Crippen molar-refractivity contribution >= 4 is 11.6 Å². The number of hydrogen-bond donors (Lipinski definition) is 2. The van der Waals surface area contributed by atoms with Crippen molar-refractivity contribution in [3.05, 3.63) is 29.3 Å². The summed E-state index contributed by atoms with van der Waals surface area (Å²) in [6.45, 7) is 1.65. The third-order valence-electron chi connectivity index (χ3n) is 3.05. The van der Waals surface area contributed by atoms with Gasteiger partial charge in [0.1, 0.15) is 0 Å². The molecule has 20 heavy (non-hydrogen) atoms. The van der Waals surface area contributed by atoms with Crippen molar-refractivity contribution in [3.8, 4) is 0 Å². The molecular formula is C12H14F3N3O2. The summed E-state index contributed by atoms with van der Waals surface area (Å²) in [7, 11) is 0. The van der Waals surface area contributed by atoms with Crippen LogP contribution in [0.15, 0.2) is 18.2 Å². The Bertz CT molecular complexity index is 499. The number of nitrogens with two attached hydrogens (primary N) is 1. The molecule has 5 nitrogen and oxygen atoms in total. The summed E-state index contributed by atoms with van der Waals surface area (Å²) < 4.78 is 43.5. The minimum absolute atomic E-state index is 0.113. The van der Waals surface area contributed by atoms with E-state index < -0.39 is 17.6 Å². The van der Waals surface area contributed by atoms with E-state index >= 15 is 0 Å². The van der Waals surface area contributed by atoms with Crippen LogP contribution in [0.25, 0.3) is 0 Å². The first-order valence-corrected chi connectivity index (χ1v) is 5.98. The number of anilines is 1. The topological polar surface area (TPSA) is 67.6 Å². The molecule has 3 N–H and O–H groups in total. The average molecular weight is 289 g/mol. The van der Waals surface area contributed by atoms with Gasteiger partial charge in [0.05, 0.1) is 30.0 Å². The van der Waals surface area contributed by atoms with E-state index in [2.05, 4.69) is 0 Å². The maximum atomic E-state index is 12.8. The molecule has 0 saturated carbocycles. The van der Waals surface area contributed by atoms with Gasteiger partial charge in [-0.3, -0.25) is 10.2 Å². The number of carbonyl (C=O) groups excluding carboxylic acids is 1. The van der Waals surface area contributed by atoms with Crippen LogP contribution in [0.5, 0.6) is 0 Å². The van der Waals surface area contributed by atoms with E-state index in [1.165, 1.54) is 0 Å². The lowest BCUT2D eigenvalue weighted by Gasteiger charge is -2.30. The Hall–Kier alpha value is -1.80. The molecule has 8 heteroatoms. The van der Waals surface area contributed by atoms with Crippen LogP contribution in [0.1, 0.15) is 15.9 Å². The quantitative estimate of drug-likeness (QED) is 0.487. The van der Waals surface area contributed by atoms with E-state index in [0.29, 0.717) is 26.3 Å². The summed E-state index contributed by atoms with van der Waals surface area (Å²) in [5.74, 6) is 4.44. The number of hydrogen-bond acceptors (Lipinski definition) is 4. The highest BCUT2D eigenvalue weighted by molar-refractivity contribution is 5.99. The highest BCUT2D eigenvalue weighted by Gasteiger charge is 2.32. The van der Waals surface area contributed by atoms with Gasteiger partial charge in [-0.1, -0.05) is 0 Å². The number of rotatable bonds is 2. The average Bonchev–Trinajstić information content (AvgIpc) is 2.46. The van der Waals surface area contributed by atoms with Crippen molar-refractivity contribution in [1.82, 2.24) is 5.43 Å². The minimum Gasteiger partial charge on any atom is -0.378 e. The zero-order valence-corrected chi connectivity index (χ0v) is 10.5. The fourth-order valence-electron chi connectivity index (χ4n) is 2.04. The van der Waals surface area contributed by atoms with Crippen LogP contribution < -0.4 is 16.2 Å². The third-order valence-corrected chi connectivity index (χ3v) is 3.05. The number of nitrogens with one attached hydrogen (secondary N) is 1. The minimum atomic E-state index is -4.46. The second-order valence-electron chi connectivity index (χ2n) is 4.30. The van der Waals surface area contributed by atoms with E-state index in [0.717, 1.165) is 18.2 Å². The molecule has 0 radical (unpaired) electrons. The SMILES string of the molecule is NNC(=O)c1ccc(C(F)(F)F)cc1N1CCOCC1. The first-order chi connectivity index (χ1) is 9.43. The van der Waals surface area contributed by atoms with E-state index in [4.69, 9.17) is 10.6 Å². The van der Waals surface area contributed by atoms with Gasteiger partial charge in [-0.2, -0.15) is 13.2 Å². The first kappa shape index (κ1) is 14.6. The van der Waals surface area contributed by atoms with Crippen LogP contribution in [0, 0.1) is 0 Å². The summed E-state index contributed by atoms with van der Waals surface area (Å²) in [5, 5.41) is 0. The Morgan fingerprint density at radius 2 is 1.95 bits per heavy atom. The number of carbonyl (C=O) groups is 1. The number of benzene rings is 1. The molecule has 0 spiro atoms. The molecule has 0 atom stereocenters. The largest absolute Gasteiger partial charge is 0.416 e. The lowest BCUT2D eigenvalue weighted by molar-refractivity contribution is -0.137. The van der Waals surface area contributed by atoms with Gasteiger partial charge in [0.2, 0.25) is 0 Å². The Kier molecular flexibility index (Phi) is 4.15. The van der Waals surface area contributed by atoms with Crippen LogP contribution in [0.3, 0.4) is 0 Å². The predicted octanol–water partition coefficient (Wildman–Crippen LogP) is 1.15. The molecule has 1 amide bonds. The lowest BCUT2D eigenvalue weighted by atomic mass is 10.1. The molecule has 1 aromatic carbocycles. The van der Waals surface area contributed by atoms with Gasteiger partial charge in [0.25, 0.3) is 5.91 Å². The number of ether oxygens (including phenoxy) is 1. The van der Waals surface area contributed by atoms with Crippen LogP contribution in [0.4, 0.5) is 18.9 Å². The molecular weight excluding hydrogens is 275 g/mol. The van der Waals surface area contributed by atoms with E-state index in [1.807, 2.05) is 5.43 Å². The Balaban J connectivity index is 2.44. The molecule has 1 aliphatic rings. The summed E-state index contributed by atoms with van der Waals surface area (Å²) >= 11 is 0. The van der Waals surface area contributed by atoms with Crippen LogP contribution in [-0.2, 0) is 10.9 Å². The number of hydrazine groups is 1. The van der Waals surface area contributed by atoms with E-state index in [1.54, 1.807) is 4.90 Å². The zero-order valence-electron chi connectivity index (χ0n) is 10.5. The second-order valence-corrected chi connectivity index (χ2v) is 4.30. The van der Waals surface area contributed by atoms with E-state index in [9.17, 15) is 18.0 Å². The lowest BCUT2D eigenvalue weighted by Crippen LogP contribution is -2.39. The van der Waals surface area contributed by atoms with Crippen molar-refractivity contribution in [2.24, 2.45) is 5.84 Å². The molecule has 0 aromatic heterocycles. The predicted molar refractivity (Wildman–Crippen MR) is 66.1 cm³/mol. The van der Waals surface area contributed by atoms with Crippen molar-refractivity contribution in [2.75, 3.05) is 31.2 Å². The van der Waals surface area contributed by atoms with Gasteiger partial charge in [-0.15, -0.1) is 0 Å². The molecule has 110 valence electrons. The molecule has 0 aliphatic carbocycles. The maximum Gasteiger partial charge on any atom is 0.416 e. The Morgan fingerprint density at radius 1 is 1.30 bits per heavy atom. The number of alkyl halides is 3. The summed E-state index contributed by atoms with van der Waals surface area (Å²) in [4.78, 5) is 13.3.